The topological polar surface area (TPSA) is 69.1 Å². The van der Waals surface area contributed by atoms with Gasteiger partial charge in [-0.25, -0.2) is 0 Å². The zero-order valence-corrected chi connectivity index (χ0v) is 13.3. The third kappa shape index (κ3) is 2.96. The van der Waals surface area contributed by atoms with Crippen LogP contribution in [0.2, 0.25) is 0 Å². The molecule has 24 heavy (non-hydrogen) atoms. The second-order valence-electron chi connectivity index (χ2n) is 5.12. The summed E-state index contributed by atoms with van der Waals surface area (Å²) in [6.45, 7) is 0. The van der Waals surface area contributed by atoms with Crippen molar-refractivity contribution in [3.8, 4) is 11.7 Å². The molecule has 0 aliphatic carbocycles. The van der Waals surface area contributed by atoms with Crippen molar-refractivity contribution in [2.75, 3.05) is 5.75 Å². The van der Waals surface area contributed by atoms with E-state index < -0.39 is 0 Å². The summed E-state index contributed by atoms with van der Waals surface area (Å²) in [4.78, 5) is 12.4. The molecule has 0 atom stereocenters. The molecule has 0 saturated heterocycles. The molecule has 0 saturated carbocycles. The molecule has 0 unspecified atom stereocenters. The summed E-state index contributed by atoms with van der Waals surface area (Å²) in [5.41, 5.74) is 0.673. The number of fused-ring (bicyclic) bond motifs is 1. The van der Waals surface area contributed by atoms with E-state index in [1.807, 2.05) is 42.5 Å². The first kappa shape index (κ1) is 14.7. The number of furan rings is 1. The van der Waals surface area contributed by atoms with Crippen molar-refractivity contribution >= 4 is 28.3 Å². The molecule has 2 aromatic heterocycles. The molecule has 0 aliphatic rings. The van der Waals surface area contributed by atoms with Crippen LogP contribution in [0.1, 0.15) is 10.4 Å². The molecule has 2 heterocycles. The van der Waals surface area contributed by atoms with E-state index in [-0.39, 0.29) is 11.5 Å². The molecule has 118 valence electrons. The molecule has 0 aliphatic heterocycles. The fraction of sp³-hybridized carbons (Fsp3) is 0.0556. The monoisotopic (exact) mass is 336 g/mol. The Kier molecular flexibility index (Phi) is 3.88. The lowest BCUT2D eigenvalue weighted by Crippen LogP contribution is -2.02. The van der Waals surface area contributed by atoms with Gasteiger partial charge in [-0.15, -0.1) is 10.2 Å². The van der Waals surface area contributed by atoms with Crippen LogP contribution in [0.4, 0.5) is 0 Å². The minimum atomic E-state index is 0.0171. The van der Waals surface area contributed by atoms with E-state index >= 15 is 0 Å². The molecule has 0 radical (unpaired) electrons. The number of ketones is 1. The minimum Gasteiger partial charge on any atom is -0.459 e. The Morgan fingerprint density at radius 1 is 1.00 bits per heavy atom. The van der Waals surface area contributed by atoms with Gasteiger partial charge in [-0.1, -0.05) is 48.2 Å². The number of benzene rings is 2. The van der Waals surface area contributed by atoms with E-state index in [1.165, 1.54) is 18.0 Å². The van der Waals surface area contributed by atoms with Crippen LogP contribution in [0.5, 0.6) is 0 Å². The Hall–Kier alpha value is -2.86. The van der Waals surface area contributed by atoms with Crippen molar-refractivity contribution in [1.29, 1.82) is 0 Å². The quantitative estimate of drug-likeness (QED) is 0.396. The molecule has 0 amide bonds. The summed E-state index contributed by atoms with van der Waals surface area (Å²) < 4.78 is 10.7. The zero-order chi connectivity index (χ0) is 16.4. The predicted octanol–water partition coefficient (Wildman–Crippen LogP) is 4.46. The lowest BCUT2D eigenvalue weighted by Gasteiger charge is -2.02. The lowest BCUT2D eigenvalue weighted by molar-refractivity contribution is 0.102. The Labute approximate surface area is 141 Å². The summed E-state index contributed by atoms with van der Waals surface area (Å²) in [6, 6.07) is 17.1. The molecule has 5 nitrogen and oxygen atoms in total. The van der Waals surface area contributed by atoms with Gasteiger partial charge in [0.1, 0.15) is 0 Å². The van der Waals surface area contributed by atoms with Gasteiger partial charge in [0.25, 0.3) is 11.1 Å². The Morgan fingerprint density at radius 2 is 1.88 bits per heavy atom. The molecule has 4 aromatic rings. The van der Waals surface area contributed by atoms with Crippen LogP contribution in [0.15, 0.2) is 74.9 Å². The van der Waals surface area contributed by atoms with Crippen molar-refractivity contribution in [2.24, 2.45) is 0 Å². The highest BCUT2D eigenvalue weighted by atomic mass is 32.2. The third-order valence-electron chi connectivity index (χ3n) is 3.54. The highest BCUT2D eigenvalue weighted by Gasteiger charge is 2.14. The SMILES string of the molecule is O=C(CSc1nnc(-c2ccco2)o1)c1ccc2ccccc2c1. The average molecular weight is 336 g/mol. The van der Waals surface area contributed by atoms with Crippen LogP contribution in [0.3, 0.4) is 0 Å². The standard InChI is InChI=1S/C18H12N2O3S/c21-15(14-8-7-12-4-1-2-5-13(12)10-14)11-24-18-20-19-17(23-18)16-6-3-9-22-16/h1-10H,11H2. The van der Waals surface area contributed by atoms with Gasteiger partial charge in [0, 0.05) is 5.56 Å². The fourth-order valence-electron chi connectivity index (χ4n) is 2.34. The smallest absolute Gasteiger partial charge is 0.284 e. The first-order chi connectivity index (χ1) is 11.8. The predicted molar refractivity (Wildman–Crippen MR) is 91.0 cm³/mol. The van der Waals surface area contributed by atoms with Gasteiger partial charge in [0.15, 0.2) is 11.5 Å². The highest BCUT2D eigenvalue weighted by Crippen LogP contribution is 2.24. The Bertz CT molecular complexity index is 992. The van der Waals surface area contributed by atoms with Crippen LogP contribution in [-0.4, -0.2) is 21.7 Å². The van der Waals surface area contributed by atoms with E-state index in [0.29, 0.717) is 22.4 Å². The molecular weight excluding hydrogens is 324 g/mol. The number of hydrogen-bond acceptors (Lipinski definition) is 6. The van der Waals surface area contributed by atoms with E-state index in [2.05, 4.69) is 10.2 Å². The maximum atomic E-state index is 12.4. The number of nitrogens with zero attached hydrogens (tertiary/aromatic N) is 2. The summed E-state index contributed by atoms with van der Waals surface area (Å²) in [5.74, 6) is 1.07. The fourth-order valence-corrected chi connectivity index (χ4v) is 3.00. The van der Waals surface area contributed by atoms with Crippen molar-refractivity contribution in [1.82, 2.24) is 10.2 Å². The number of Topliss-reactive ketones (excluding diaryl/α,β-unsaturated/α-hetero) is 1. The van der Waals surface area contributed by atoms with Crippen LogP contribution in [0, 0.1) is 0 Å². The van der Waals surface area contributed by atoms with Crippen LogP contribution in [-0.2, 0) is 0 Å². The lowest BCUT2D eigenvalue weighted by atomic mass is 10.1. The van der Waals surface area contributed by atoms with Crippen molar-refractivity contribution in [3.05, 3.63) is 66.4 Å². The van der Waals surface area contributed by atoms with Gasteiger partial charge >= 0.3 is 0 Å². The number of thioether (sulfide) groups is 1. The second-order valence-corrected chi connectivity index (χ2v) is 6.05. The molecule has 6 heteroatoms. The van der Waals surface area contributed by atoms with E-state index in [9.17, 15) is 4.79 Å². The van der Waals surface area contributed by atoms with E-state index in [1.54, 1.807) is 12.1 Å². The molecule has 2 aromatic carbocycles. The Morgan fingerprint density at radius 3 is 2.71 bits per heavy atom. The van der Waals surface area contributed by atoms with Gasteiger partial charge < -0.3 is 8.83 Å². The largest absolute Gasteiger partial charge is 0.459 e. The van der Waals surface area contributed by atoms with Crippen molar-refractivity contribution in [3.63, 3.8) is 0 Å². The number of carbonyl (C=O) groups is 1. The zero-order valence-electron chi connectivity index (χ0n) is 12.5. The van der Waals surface area contributed by atoms with Gasteiger partial charge in [-0.05, 0) is 29.0 Å². The molecular formula is C18H12N2O3S. The third-order valence-corrected chi connectivity index (χ3v) is 4.36. The van der Waals surface area contributed by atoms with Crippen molar-refractivity contribution in [2.45, 2.75) is 5.22 Å². The maximum Gasteiger partial charge on any atom is 0.284 e. The number of hydrogen-bond donors (Lipinski definition) is 0. The maximum absolute atomic E-state index is 12.4. The first-order valence-electron chi connectivity index (χ1n) is 7.32. The van der Waals surface area contributed by atoms with Crippen LogP contribution < -0.4 is 0 Å². The molecule has 0 fully saturated rings. The van der Waals surface area contributed by atoms with Gasteiger partial charge in [-0.2, -0.15) is 0 Å². The minimum absolute atomic E-state index is 0.0171. The summed E-state index contributed by atoms with van der Waals surface area (Å²) in [5, 5.41) is 10.3. The average Bonchev–Trinajstić information content (AvgIpc) is 3.30. The van der Waals surface area contributed by atoms with Gasteiger partial charge in [0.2, 0.25) is 0 Å². The molecule has 0 bridgehead atoms. The normalized spacial score (nSPS) is 11.0. The van der Waals surface area contributed by atoms with Crippen LogP contribution >= 0.6 is 11.8 Å². The highest BCUT2D eigenvalue weighted by molar-refractivity contribution is 7.99. The van der Waals surface area contributed by atoms with E-state index in [4.69, 9.17) is 8.83 Å². The summed E-state index contributed by atoms with van der Waals surface area (Å²) in [7, 11) is 0. The first-order valence-corrected chi connectivity index (χ1v) is 8.30. The van der Waals surface area contributed by atoms with Crippen molar-refractivity contribution < 1.29 is 13.6 Å². The number of rotatable bonds is 5. The number of carbonyl (C=O) groups excluding carboxylic acids is 1. The molecule has 0 spiro atoms. The Balaban J connectivity index is 1.46. The second kappa shape index (κ2) is 6.33. The van der Waals surface area contributed by atoms with Gasteiger partial charge in [0.05, 0.1) is 12.0 Å². The number of aromatic nitrogens is 2. The van der Waals surface area contributed by atoms with Gasteiger partial charge in [-0.3, -0.25) is 4.79 Å². The molecule has 4 rings (SSSR count). The molecule has 0 N–H and O–H groups in total. The summed E-state index contributed by atoms with van der Waals surface area (Å²) >= 11 is 1.22. The van der Waals surface area contributed by atoms with E-state index in [0.717, 1.165) is 10.8 Å². The van der Waals surface area contributed by atoms with Crippen LogP contribution in [0.25, 0.3) is 22.4 Å². The summed E-state index contributed by atoms with van der Waals surface area (Å²) in [6.07, 6.45) is 1.54.